The Morgan fingerprint density at radius 1 is 1.40 bits per heavy atom. The standard InChI is InChI=1S/C14H17F2NO3/c1-19-14(18)12(17-9-5-6-9)7-8-20-13-10(15)3-2-4-11(13)16/h2-4,9,12,17H,5-8H2,1H3. The van der Waals surface area contributed by atoms with Gasteiger partial charge in [0.1, 0.15) is 6.04 Å². The molecule has 0 bridgehead atoms. The van der Waals surface area contributed by atoms with E-state index in [4.69, 9.17) is 4.74 Å². The molecule has 4 nitrogen and oxygen atoms in total. The minimum Gasteiger partial charge on any atom is -0.488 e. The predicted molar refractivity (Wildman–Crippen MR) is 68.4 cm³/mol. The minimum atomic E-state index is -0.755. The zero-order chi connectivity index (χ0) is 14.5. The second kappa shape index (κ2) is 6.65. The number of carbonyl (C=O) groups is 1. The number of ether oxygens (including phenoxy) is 2. The lowest BCUT2D eigenvalue weighted by Crippen LogP contribution is -2.40. The van der Waals surface area contributed by atoms with Gasteiger partial charge in [-0.2, -0.15) is 0 Å². The lowest BCUT2D eigenvalue weighted by Gasteiger charge is -2.16. The molecule has 0 saturated heterocycles. The van der Waals surface area contributed by atoms with Crippen LogP contribution in [-0.2, 0) is 9.53 Å². The number of benzene rings is 1. The number of hydrogen-bond donors (Lipinski definition) is 1. The first kappa shape index (κ1) is 14.7. The Kier molecular flexibility index (Phi) is 4.89. The molecule has 1 aromatic carbocycles. The van der Waals surface area contributed by atoms with Crippen molar-refractivity contribution in [1.29, 1.82) is 0 Å². The zero-order valence-electron chi connectivity index (χ0n) is 11.2. The van der Waals surface area contributed by atoms with Crippen molar-refractivity contribution in [3.05, 3.63) is 29.8 Å². The summed E-state index contributed by atoms with van der Waals surface area (Å²) < 4.78 is 36.5. The van der Waals surface area contributed by atoms with E-state index in [0.717, 1.165) is 25.0 Å². The third kappa shape index (κ3) is 3.90. The van der Waals surface area contributed by atoms with Gasteiger partial charge in [0.05, 0.1) is 13.7 Å². The summed E-state index contributed by atoms with van der Waals surface area (Å²) in [5.74, 6) is -2.32. The van der Waals surface area contributed by atoms with Gasteiger partial charge in [0.15, 0.2) is 17.4 Å². The van der Waals surface area contributed by atoms with Crippen LogP contribution in [0.3, 0.4) is 0 Å². The van der Waals surface area contributed by atoms with Crippen LogP contribution >= 0.6 is 0 Å². The molecular formula is C14H17F2NO3. The van der Waals surface area contributed by atoms with Crippen molar-refractivity contribution in [3.8, 4) is 5.75 Å². The van der Waals surface area contributed by atoms with E-state index in [0.29, 0.717) is 6.04 Å². The predicted octanol–water partition coefficient (Wildman–Crippen LogP) is 2.03. The summed E-state index contributed by atoms with van der Waals surface area (Å²) >= 11 is 0. The third-order valence-electron chi connectivity index (χ3n) is 3.07. The molecule has 1 fully saturated rings. The number of carbonyl (C=O) groups excluding carboxylic acids is 1. The van der Waals surface area contributed by atoms with Gasteiger partial charge in [0.2, 0.25) is 0 Å². The first-order valence-electron chi connectivity index (χ1n) is 6.52. The van der Waals surface area contributed by atoms with Gasteiger partial charge >= 0.3 is 5.97 Å². The molecule has 110 valence electrons. The number of rotatable bonds is 7. The average Bonchev–Trinajstić information content (AvgIpc) is 3.24. The molecule has 0 heterocycles. The number of hydrogen-bond acceptors (Lipinski definition) is 4. The summed E-state index contributed by atoms with van der Waals surface area (Å²) in [6.45, 7) is 0.0251. The van der Waals surface area contributed by atoms with Crippen LogP contribution in [0.25, 0.3) is 0 Å². The molecule has 1 aromatic rings. The highest BCUT2D eigenvalue weighted by Gasteiger charge is 2.28. The molecule has 1 saturated carbocycles. The Hall–Kier alpha value is -1.69. The number of esters is 1. The summed E-state index contributed by atoms with van der Waals surface area (Å²) in [6, 6.07) is 3.33. The van der Waals surface area contributed by atoms with Crippen molar-refractivity contribution < 1.29 is 23.0 Å². The first-order chi connectivity index (χ1) is 9.61. The van der Waals surface area contributed by atoms with Gasteiger partial charge in [-0.3, -0.25) is 4.79 Å². The van der Waals surface area contributed by atoms with E-state index < -0.39 is 29.4 Å². The smallest absolute Gasteiger partial charge is 0.322 e. The molecule has 1 N–H and O–H groups in total. The Morgan fingerprint density at radius 3 is 2.60 bits per heavy atom. The van der Waals surface area contributed by atoms with Crippen LogP contribution in [0.2, 0.25) is 0 Å². The molecule has 20 heavy (non-hydrogen) atoms. The van der Waals surface area contributed by atoms with E-state index >= 15 is 0 Å². The molecule has 1 unspecified atom stereocenters. The Balaban J connectivity index is 1.87. The van der Waals surface area contributed by atoms with Gasteiger partial charge < -0.3 is 14.8 Å². The summed E-state index contributed by atoms with van der Waals surface area (Å²) in [5, 5.41) is 3.12. The molecule has 0 amide bonds. The van der Waals surface area contributed by atoms with Crippen molar-refractivity contribution in [1.82, 2.24) is 5.32 Å². The van der Waals surface area contributed by atoms with Gasteiger partial charge in [-0.1, -0.05) is 6.07 Å². The highest BCUT2D eigenvalue weighted by atomic mass is 19.1. The van der Waals surface area contributed by atoms with Crippen LogP contribution in [0.1, 0.15) is 19.3 Å². The van der Waals surface area contributed by atoms with Crippen LogP contribution in [-0.4, -0.2) is 31.8 Å². The second-order valence-corrected chi connectivity index (χ2v) is 4.70. The van der Waals surface area contributed by atoms with Crippen LogP contribution in [0.15, 0.2) is 18.2 Å². The van der Waals surface area contributed by atoms with E-state index in [9.17, 15) is 13.6 Å². The fourth-order valence-corrected chi connectivity index (χ4v) is 1.85. The molecular weight excluding hydrogens is 268 g/mol. The van der Waals surface area contributed by atoms with Crippen molar-refractivity contribution in [2.45, 2.75) is 31.3 Å². The van der Waals surface area contributed by atoms with Crippen LogP contribution in [0.4, 0.5) is 8.78 Å². The lowest BCUT2D eigenvalue weighted by atomic mass is 10.2. The molecule has 0 aliphatic heterocycles. The first-order valence-corrected chi connectivity index (χ1v) is 6.52. The summed E-state index contributed by atoms with van der Waals surface area (Å²) in [7, 11) is 1.31. The summed E-state index contributed by atoms with van der Waals surface area (Å²) in [5.41, 5.74) is 0. The fourth-order valence-electron chi connectivity index (χ4n) is 1.85. The third-order valence-corrected chi connectivity index (χ3v) is 3.07. The van der Waals surface area contributed by atoms with Gasteiger partial charge in [0, 0.05) is 12.5 Å². The van der Waals surface area contributed by atoms with Crippen molar-refractivity contribution in [2.24, 2.45) is 0 Å². The van der Waals surface area contributed by atoms with Crippen LogP contribution < -0.4 is 10.1 Å². The quantitative estimate of drug-likeness (QED) is 0.779. The maximum absolute atomic E-state index is 13.3. The SMILES string of the molecule is COC(=O)C(CCOc1c(F)cccc1F)NC1CC1. The van der Waals surface area contributed by atoms with E-state index in [-0.39, 0.29) is 13.0 Å². The minimum absolute atomic E-state index is 0.0251. The maximum atomic E-state index is 13.3. The fraction of sp³-hybridized carbons (Fsp3) is 0.500. The Labute approximate surface area is 116 Å². The van der Waals surface area contributed by atoms with Crippen molar-refractivity contribution >= 4 is 5.97 Å². The highest BCUT2D eigenvalue weighted by molar-refractivity contribution is 5.75. The van der Waals surface area contributed by atoms with E-state index in [1.807, 2.05) is 0 Å². The largest absolute Gasteiger partial charge is 0.488 e. The van der Waals surface area contributed by atoms with Gasteiger partial charge in [0.25, 0.3) is 0 Å². The molecule has 1 atom stereocenters. The monoisotopic (exact) mass is 285 g/mol. The van der Waals surface area contributed by atoms with E-state index in [2.05, 4.69) is 10.1 Å². The molecule has 2 rings (SSSR count). The van der Waals surface area contributed by atoms with Gasteiger partial charge in [-0.25, -0.2) is 8.78 Å². The highest BCUT2D eigenvalue weighted by Crippen LogP contribution is 2.22. The van der Waals surface area contributed by atoms with Crippen molar-refractivity contribution in [2.75, 3.05) is 13.7 Å². The molecule has 1 aliphatic rings. The van der Waals surface area contributed by atoms with Crippen LogP contribution in [0, 0.1) is 11.6 Å². The van der Waals surface area contributed by atoms with Crippen LogP contribution in [0.5, 0.6) is 5.75 Å². The van der Waals surface area contributed by atoms with Crippen molar-refractivity contribution in [3.63, 3.8) is 0 Å². The molecule has 0 radical (unpaired) electrons. The zero-order valence-corrected chi connectivity index (χ0v) is 11.2. The topological polar surface area (TPSA) is 47.6 Å². The molecule has 6 heteroatoms. The number of para-hydroxylation sites is 1. The Bertz CT molecular complexity index is 457. The second-order valence-electron chi connectivity index (χ2n) is 4.70. The average molecular weight is 285 g/mol. The van der Waals surface area contributed by atoms with Gasteiger partial charge in [-0.05, 0) is 25.0 Å². The number of methoxy groups -OCH3 is 1. The van der Waals surface area contributed by atoms with Gasteiger partial charge in [-0.15, -0.1) is 0 Å². The maximum Gasteiger partial charge on any atom is 0.322 e. The molecule has 0 spiro atoms. The normalized spacial score (nSPS) is 15.8. The summed E-state index contributed by atoms with van der Waals surface area (Å²) in [6.07, 6.45) is 2.34. The summed E-state index contributed by atoms with van der Waals surface area (Å²) in [4.78, 5) is 11.6. The van der Waals surface area contributed by atoms with E-state index in [1.165, 1.54) is 13.2 Å². The Morgan fingerprint density at radius 2 is 2.05 bits per heavy atom. The lowest BCUT2D eigenvalue weighted by molar-refractivity contribution is -0.143. The number of halogens is 2. The van der Waals surface area contributed by atoms with E-state index in [1.54, 1.807) is 0 Å². The molecule has 0 aromatic heterocycles. The molecule has 1 aliphatic carbocycles. The number of nitrogens with one attached hydrogen (secondary N) is 1.